The molecule has 1 aromatic carbocycles. The van der Waals surface area contributed by atoms with E-state index in [0.29, 0.717) is 6.07 Å². The van der Waals surface area contributed by atoms with E-state index in [-0.39, 0.29) is 62.6 Å². The van der Waals surface area contributed by atoms with Crippen LogP contribution in [-0.4, -0.2) is 25.1 Å². The van der Waals surface area contributed by atoms with Gasteiger partial charge in [-0.3, -0.25) is 0 Å². The molecular weight excluding hydrogens is 249 g/mol. The van der Waals surface area contributed by atoms with Gasteiger partial charge in [0, 0.05) is 12.7 Å². The van der Waals surface area contributed by atoms with E-state index in [1.54, 1.807) is 0 Å². The summed E-state index contributed by atoms with van der Waals surface area (Å²) < 4.78 is 37.2. The Morgan fingerprint density at radius 3 is 2.25 bits per heavy atom. The van der Waals surface area contributed by atoms with E-state index in [2.05, 4.69) is 5.32 Å². The predicted molar refractivity (Wildman–Crippen MR) is 51.7 cm³/mol. The number of hydrogen-bond acceptors (Lipinski definition) is 2. The second-order valence-corrected chi connectivity index (χ2v) is 2.97. The van der Waals surface area contributed by atoms with Crippen LogP contribution in [0.3, 0.4) is 0 Å². The van der Waals surface area contributed by atoms with Gasteiger partial charge in [-0.15, -0.1) is 5.46 Å². The molecule has 0 aliphatic rings. The predicted octanol–water partition coefficient (Wildman–Crippen LogP) is -1.52. The Hall–Kier alpha value is -0.0187. The van der Waals surface area contributed by atoms with Crippen molar-refractivity contribution in [1.29, 1.82) is 0 Å². The summed E-state index contributed by atoms with van der Waals surface area (Å²) in [6.45, 7) is -5.18. The van der Waals surface area contributed by atoms with Gasteiger partial charge in [-0.2, -0.15) is 0 Å². The molecule has 16 heavy (non-hydrogen) atoms. The van der Waals surface area contributed by atoms with Gasteiger partial charge in [0.2, 0.25) is 0 Å². The minimum atomic E-state index is -5.18. The Morgan fingerprint density at radius 2 is 1.88 bits per heavy atom. The standard InChI is InChI=1S/C8H8BF3NO2.K/c1-13-7-3-5(8(14)15)2-6(4-7)9(10,11)12;/h2-4,13H,1H3,(H,14,15);/q-1;+1. The van der Waals surface area contributed by atoms with Crippen LogP contribution in [-0.2, 0) is 0 Å². The molecule has 0 heterocycles. The van der Waals surface area contributed by atoms with Crippen LogP contribution in [0.5, 0.6) is 0 Å². The van der Waals surface area contributed by atoms with E-state index < -0.39 is 18.4 Å². The summed E-state index contributed by atoms with van der Waals surface area (Å²) in [6.07, 6.45) is 0. The Kier molecular flexibility index (Phi) is 6.05. The zero-order chi connectivity index (χ0) is 11.6. The van der Waals surface area contributed by atoms with E-state index in [0.717, 1.165) is 12.1 Å². The van der Waals surface area contributed by atoms with Crippen molar-refractivity contribution < 1.29 is 74.2 Å². The minimum absolute atomic E-state index is 0. The summed E-state index contributed by atoms with van der Waals surface area (Å²) in [5, 5.41) is 11.1. The first-order valence-corrected chi connectivity index (χ1v) is 4.10. The fourth-order valence-corrected chi connectivity index (χ4v) is 1.11. The molecule has 82 valence electrons. The van der Waals surface area contributed by atoms with Gasteiger partial charge in [-0.25, -0.2) is 4.79 Å². The topological polar surface area (TPSA) is 49.3 Å². The second kappa shape index (κ2) is 6.06. The van der Waals surface area contributed by atoms with Crippen LogP contribution < -0.4 is 62.2 Å². The fourth-order valence-electron chi connectivity index (χ4n) is 1.11. The minimum Gasteiger partial charge on any atom is -0.478 e. The number of carbonyl (C=O) groups is 1. The van der Waals surface area contributed by atoms with Crippen molar-refractivity contribution in [1.82, 2.24) is 0 Å². The number of anilines is 1. The number of halogens is 3. The van der Waals surface area contributed by atoms with Gasteiger partial charge < -0.3 is 23.4 Å². The molecule has 0 saturated carbocycles. The van der Waals surface area contributed by atoms with Crippen molar-refractivity contribution in [3.05, 3.63) is 23.8 Å². The molecule has 0 fully saturated rings. The van der Waals surface area contributed by atoms with Crippen LogP contribution in [0.25, 0.3) is 0 Å². The van der Waals surface area contributed by atoms with E-state index in [1.165, 1.54) is 7.05 Å². The average Bonchev–Trinajstić information content (AvgIpc) is 2.15. The van der Waals surface area contributed by atoms with E-state index in [4.69, 9.17) is 5.11 Å². The summed E-state index contributed by atoms with van der Waals surface area (Å²) >= 11 is 0. The summed E-state index contributed by atoms with van der Waals surface area (Å²) in [6, 6.07) is 2.66. The summed E-state index contributed by atoms with van der Waals surface area (Å²) in [5.74, 6) is -1.38. The molecule has 0 atom stereocenters. The molecule has 0 unspecified atom stereocenters. The van der Waals surface area contributed by atoms with Crippen LogP contribution in [0, 0.1) is 0 Å². The smallest absolute Gasteiger partial charge is 0.478 e. The Labute approximate surface area is 133 Å². The molecule has 8 heteroatoms. The van der Waals surface area contributed by atoms with Gasteiger partial charge >= 0.3 is 64.3 Å². The number of carboxylic acid groups (broad SMARTS) is 1. The number of hydrogen-bond donors (Lipinski definition) is 2. The molecule has 0 amide bonds. The average molecular weight is 257 g/mol. The zero-order valence-corrected chi connectivity index (χ0v) is 11.9. The number of nitrogens with one attached hydrogen (secondary N) is 1. The van der Waals surface area contributed by atoms with Crippen molar-refractivity contribution in [3.8, 4) is 0 Å². The molecule has 3 nitrogen and oxygen atoms in total. The Balaban J connectivity index is 0.00000225. The maximum Gasteiger partial charge on any atom is 1.00 e. The van der Waals surface area contributed by atoms with Gasteiger partial charge in [0.25, 0.3) is 0 Å². The second-order valence-electron chi connectivity index (χ2n) is 2.97. The molecule has 1 rings (SSSR count). The normalized spacial score (nSPS) is 10.5. The van der Waals surface area contributed by atoms with Crippen molar-refractivity contribution in [3.63, 3.8) is 0 Å². The third-order valence-corrected chi connectivity index (χ3v) is 1.87. The summed E-state index contributed by atoms with van der Waals surface area (Å²) in [7, 11) is 1.42. The van der Waals surface area contributed by atoms with Crippen molar-refractivity contribution in [2.24, 2.45) is 0 Å². The SMILES string of the molecule is CNc1cc(C(=O)O)cc([B-](F)(F)F)c1.[K+]. The van der Waals surface area contributed by atoms with E-state index in [9.17, 15) is 17.7 Å². The summed E-state index contributed by atoms with van der Waals surface area (Å²) in [4.78, 5) is 10.6. The monoisotopic (exact) mass is 257 g/mol. The van der Waals surface area contributed by atoms with Gasteiger partial charge in [-0.05, 0) is 6.07 Å². The zero-order valence-electron chi connectivity index (χ0n) is 8.80. The molecule has 0 aliphatic heterocycles. The molecule has 1 aromatic rings. The Morgan fingerprint density at radius 1 is 1.31 bits per heavy atom. The molecule has 0 saturated heterocycles. The molecule has 0 aliphatic carbocycles. The molecule has 0 radical (unpaired) electrons. The molecule has 0 aromatic heterocycles. The first kappa shape index (κ1) is 16.0. The van der Waals surface area contributed by atoms with Gasteiger partial charge in [0.15, 0.2) is 0 Å². The van der Waals surface area contributed by atoms with Crippen LogP contribution in [0.4, 0.5) is 18.6 Å². The van der Waals surface area contributed by atoms with Gasteiger partial charge in [-0.1, -0.05) is 12.1 Å². The van der Waals surface area contributed by atoms with Gasteiger partial charge in [0.05, 0.1) is 5.56 Å². The Bertz CT molecular complexity index is 397. The van der Waals surface area contributed by atoms with E-state index >= 15 is 0 Å². The largest absolute Gasteiger partial charge is 1.00 e. The molecule has 2 N–H and O–H groups in total. The number of rotatable bonds is 3. The maximum absolute atomic E-state index is 12.4. The first-order valence-electron chi connectivity index (χ1n) is 4.10. The molecular formula is C8H8BF3KNO2. The van der Waals surface area contributed by atoms with Crippen molar-refractivity contribution >= 4 is 24.1 Å². The maximum atomic E-state index is 12.4. The van der Waals surface area contributed by atoms with Gasteiger partial charge in [0.1, 0.15) is 0 Å². The molecule has 0 spiro atoms. The summed E-state index contributed by atoms with van der Waals surface area (Å²) in [5.41, 5.74) is -1.17. The van der Waals surface area contributed by atoms with Crippen molar-refractivity contribution in [2.75, 3.05) is 12.4 Å². The number of carboxylic acids is 1. The van der Waals surface area contributed by atoms with E-state index in [1.807, 2.05) is 0 Å². The van der Waals surface area contributed by atoms with Crippen molar-refractivity contribution in [2.45, 2.75) is 0 Å². The van der Waals surface area contributed by atoms with Crippen LogP contribution in [0.2, 0.25) is 0 Å². The van der Waals surface area contributed by atoms with Crippen LogP contribution >= 0.6 is 0 Å². The van der Waals surface area contributed by atoms with Crippen LogP contribution in [0.1, 0.15) is 10.4 Å². The first-order chi connectivity index (χ1) is 6.84. The number of aromatic carboxylic acids is 1. The third-order valence-electron chi connectivity index (χ3n) is 1.87. The third kappa shape index (κ3) is 4.10. The molecule has 0 bridgehead atoms. The fraction of sp³-hybridized carbons (Fsp3) is 0.125. The number of benzene rings is 1. The quantitative estimate of drug-likeness (QED) is 0.647. The van der Waals surface area contributed by atoms with Crippen LogP contribution in [0.15, 0.2) is 18.2 Å².